The quantitative estimate of drug-likeness (QED) is 0.934. The van der Waals surface area contributed by atoms with E-state index >= 15 is 0 Å². The van der Waals surface area contributed by atoms with Crippen molar-refractivity contribution >= 4 is 17.3 Å². The summed E-state index contributed by atoms with van der Waals surface area (Å²) in [4.78, 5) is 14.9. The smallest absolute Gasteiger partial charge is 0.312 e. The maximum absolute atomic E-state index is 11.4. The van der Waals surface area contributed by atoms with Crippen molar-refractivity contribution in [3.05, 3.63) is 57.8 Å². The predicted octanol–water partition coefficient (Wildman–Crippen LogP) is 2.93. The van der Waals surface area contributed by atoms with Gasteiger partial charge >= 0.3 is 5.97 Å². The van der Waals surface area contributed by atoms with Gasteiger partial charge in [0.15, 0.2) is 0 Å². The van der Waals surface area contributed by atoms with Gasteiger partial charge in [-0.25, -0.2) is 0 Å². The molecule has 4 heteroatoms. The Bertz CT molecular complexity index is 580. The van der Waals surface area contributed by atoms with Crippen LogP contribution in [0.3, 0.4) is 0 Å². The summed E-state index contributed by atoms with van der Waals surface area (Å²) in [6, 6.07) is 12.0. The Hall–Kier alpha value is -1.65. The highest BCUT2D eigenvalue weighted by Gasteiger charge is 2.29. The van der Waals surface area contributed by atoms with Crippen molar-refractivity contribution < 1.29 is 9.90 Å². The van der Waals surface area contributed by atoms with Crippen molar-refractivity contribution in [1.29, 1.82) is 0 Å². The van der Waals surface area contributed by atoms with E-state index in [0.29, 0.717) is 6.54 Å². The Morgan fingerprint density at radius 1 is 1.32 bits per heavy atom. The molecule has 1 aromatic carbocycles. The Morgan fingerprint density at radius 3 is 2.89 bits per heavy atom. The number of benzene rings is 1. The van der Waals surface area contributed by atoms with Gasteiger partial charge in [-0.3, -0.25) is 9.69 Å². The fourth-order valence-corrected chi connectivity index (χ4v) is 3.38. The fourth-order valence-electron chi connectivity index (χ4n) is 2.63. The van der Waals surface area contributed by atoms with Crippen molar-refractivity contribution in [3.63, 3.8) is 0 Å². The van der Waals surface area contributed by atoms with E-state index < -0.39 is 11.9 Å². The Balaban J connectivity index is 1.86. The van der Waals surface area contributed by atoms with E-state index in [-0.39, 0.29) is 0 Å². The number of hydrogen-bond acceptors (Lipinski definition) is 3. The first-order valence-electron chi connectivity index (χ1n) is 6.29. The van der Waals surface area contributed by atoms with Crippen LogP contribution in [0.15, 0.2) is 41.8 Å². The lowest BCUT2D eigenvalue weighted by Crippen LogP contribution is -2.36. The van der Waals surface area contributed by atoms with Crippen LogP contribution < -0.4 is 0 Å². The fraction of sp³-hybridized carbons (Fsp3) is 0.267. The van der Waals surface area contributed by atoms with E-state index in [0.717, 1.165) is 24.2 Å². The van der Waals surface area contributed by atoms with Crippen molar-refractivity contribution in [3.8, 4) is 0 Å². The van der Waals surface area contributed by atoms with E-state index in [1.54, 1.807) is 11.3 Å². The van der Waals surface area contributed by atoms with Crippen LogP contribution in [0.1, 0.15) is 21.9 Å². The second-order valence-corrected chi connectivity index (χ2v) is 5.87. The second kappa shape index (κ2) is 5.15. The van der Waals surface area contributed by atoms with Gasteiger partial charge in [0.1, 0.15) is 0 Å². The molecule has 0 radical (unpaired) electrons. The Kier molecular flexibility index (Phi) is 3.36. The van der Waals surface area contributed by atoms with Crippen molar-refractivity contribution in [1.82, 2.24) is 4.90 Å². The summed E-state index contributed by atoms with van der Waals surface area (Å²) >= 11 is 1.72. The third kappa shape index (κ3) is 2.55. The maximum Gasteiger partial charge on any atom is 0.312 e. The van der Waals surface area contributed by atoms with Gasteiger partial charge in [-0.15, -0.1) is 11.3 Å². The van der Waals surface area contributed by atoms with Crippen LogP contribution in [-0.4, -0.2) is 22.5 Å². The summed E-state index contributed by atoms with van der Waals surface area (Å²) < 4.78 is 0. The zero-order valence-corrected chi connectivity index (χ0v) is 11.3. The van der Waals surface area contributed by atoms with Crippen molar-refractivity contribution in [2.24, 2.45) is 0 Å². The van der Waals surface area contributed by atoms with Crippen LogP contribution in [-0.2, 0) is 17.9 Å². The van der Waals surface area contributed by atoms with Gasteiger partial charge in [0.2, 0.25) is 0 Å². The topological polar surface area (TPSA) is 40.5 Å². The number of nitrogens with zero attached hydrogens (tertiary/aromatic N) is 1. The highest BCUT2D eigenvalue weighted by Crippen LogP contribution is 2.29. The van der Waals surface area contributed by atoms with Crippen LogP contribution >= 0.6 is 11.3 Å². The molecule has 3 rings (SSSR count). The molecule has 2 aromatic rings. The third-order valence-corrected chi connectivity index (χ3v) is 4.38. The number of carboxylic acids is 1. The molecule has 0 saturated heterocycles. The van der Waals surface area contributed by atoms with Gasteiger partial charge < -0.3 is 5.11 Å². The van der Waals surface area contributed by atoms with Gasteiger partial charge in [0.05, 0.1) is 5.92 Å². The van der Waals surface area contributed by atoms with E-state index in [1.807, 2.05) is 30.3 Å². The van der Waals surface area contributed by atoms with Crippen LogP contribution in [0.2, 0.25) is 0 Å². The van der Waals surface area contributed by atoms with Gasteiger partial charge in [-0.1, -0.05) is 30.3 Å². The Labute approximate surface area is 116 Å². The van der Waals surface area contributed by atoms with E-state index in [4.69, 9.17) is 0 Å². The SMILES string of the molecule is O=C(O)C1CN(Cc2cccs2)Cc2ccccc21. The van der Waals surface area contributed by atoms with Gasteiger partial charge in [-0.2, -0.15) is 0 Å². The average Bonchev–Trinajstić information content (AvgIpc) is 2.90. The minimum absolute atomic E-state index is 0.412. The molecular formula is C15H15NO2S. The average molecular weight is 273 g/mol. The van der Waals surface area contributed by atoms with Crippen LogP contribution in [0.4, 0.5) is 0 Å². The van der Waals surface area contributed by atoms with Crippen LogP contribution in [0.25, 0.3) is 0 Å². The number of thiophene rings is 1. The molecule has 0 fully saturated rings. The van der Waals surface area contributed by atoms with Gasteiger partial charge in [0, 0.05) is 24.5 Å². The summed E-state index contributed by atoms with van der Waals surface area (Å²) in [7, 11) is 0. The first-order chi connectivity index (χ1) is 9.24. The monoisotopic (exact) mass is 273 g/mol. The summed E-state index contributed by atoms with van der Waals surface area (Å²) in [6.45, 7) is 2.25. The molecule has 1 N–H and O–H groups in total. The standard InChI is InChI=1S/C15H15NO2S/c17-15(18)14-10-16(9-12-5-3-7-19-12)8-11-4-1-2-6-13(11)14/h1-7,14H,8-10H2,(H,17,18). The van der Waals surface area contributed by atoms with E-state index in [2.05, 4.69) is 16.3 Å². The first-order valence-corrected chi connectivity index (χ1v) is 7.17. The van der Waals surface area contributed by atoms with E-state index in [1.165, 1.54) is 4.88 Å². The minimum atomic E-state index is -0.733. The first kappa shape index (κ1) is 12.4. The summed E-state index contributed by atoms with van der Waals surface area (Å²) in [5.74, 6) is -1.15. The lowest BCUT2D eigenvalue weighted by molar-refractivity contribution is -0.139. The number of fused-ring (bicyclic) bond motifs is 1. The zero-order chi connectivity index (χ0) is 13.2. The minimum Gasteiger partial charge on any atom is -0.481 e. The third-order valence-electron chi connectivity index (χ3n) is 3.52. The molecule has 1 unspecified atom stereocenters. The second-order valence-electron chi connectivity index (χ2n) is 4.84. The molecule has 0 amide bonds. The Morgan fingerprint density at radius 2 is 2.16 bits per heavy atom. The molecule has 1 aliphatic rings. The van der Waals surface area contributed by atoms with Crippen LogP contribution in [0.5, 0.6) is 0 Å². The van der Waals surface area contributed by atoms with Gasteiger partial charge in [0.25, 0.3) is 0 Å². The molecule has 19 heavy (non-hydrogen) atoms. The number of rotatable bonds is 3. The molecular weight excluding hydrogens is 258 g/mol. The molecule has 3 nitrogen and oxygen atoms in total. The summed E-state index contributed by atoms with van der Waals surface area (Å²) in [6.07, 6.45) is 0. The molecule has 0 spiro atoms. The maximum atomic E-state index is 11.4. The molecule has 1 aromatic heterocycles. The molecule has 2 heterocycles. The summed E-state index contributed by atoms with van der Waals surface area (Å²) in [5, 5.41) is 11.5. The highest BCUT2D eigenvalue weighted by molar-refractivity contribution is 7.09. The number of carbonyl (C=O) groups is 1. The summed E-state index contributed by atoms with van der Waals surface area (Å²) in [5.41, 5.74) is 2.11. The zero-order valence-electron chi connectivity index (χ0n) is 10.5. The molecule has 1 atom stereocenters. The molecule has 0 aliphatic carbocycles. The van der Waals surface area contributed by atoms with Crippen molar-refractivity contribution in [2.75, 3.05) is 6.54 Å². The van der Waals surface area contributed by atoms with E-state index in [9.17, 15) is 9.90 Å². The number of aliphatic carboxylic acids is 1. The van der Waals surface area contributed by atoms with Crippen molar-refractivity contribution in [2.45, 2.75) is 19.0 Å². The number of hydrogen-bond donors (Lipinski definition) is 1. The molecule has 1 aliphatic heterocycles. The van der Waals surface area contributed by atoms with Gasteiger partial charge in [-0.05, 0) is 22.6 Å². The molecule has 98 valence electrons. The lowest BCUT2D eigenvalue weighted by Gasteiger charge is -2.32. The molecule has 0 bridgehead atoms. The largest absolute Gasteiger partial charge is 0.481 e. The number of carboxylic acid groups (broad SMARTS) is 1. The highest BCUT2D eigenvalue weighted by atomic mass is 32.1. The molecule has 0 saturated carbocycles. The van der Waals surface area contributed by atoms with Crippen LogP contribution in [0, 0.1) is 0 Å². The normalized spacial score (nSPS) is 19.1. The lowest BCUT2D eigenvalue weighted by atomic mass is 9.90. The predicted molar refractivity (Wildman–Crippen MR) is 75.3 cm³/mol.